The van der Waals surface area contributed by atoms with Crippen LogP contribution >= 0.6 is 0 Å². The molecule has 2 N–H and O–H groups in total. The first-order chi connectivity index (χ1) is 12.6. The van der Waals surface area contributed by atoms with Gasteiger partial charge < -0.3 is 24.5 Å². The van der Waals surface area contributed by atoms with E-state index >= 15 is 0 Å². The molecule has 136 valence electrons. The van der Waals surface area contributed by atoms with Gasteiger partial charge in [-0.05, 0) is 48.4 Å². The molecule has 3 aromatic rings. The molecule has 0 atom stereocenters. The van der Waals surface area contributed by atoms with Crippen LogP contribution in [-0.4, -0.2) is 38.8 Å². The zero-order valence-electron chi connectivity index (χ0n) is 15.1. The molecule has 0 aliphatic heterocycles. The van der Waals surface area contributed by atoms with E-state index in [9.17, 15) is 4.79 Å². The highest BCUT2D eigenvalue weighted by Gasteiger charge is 2.10. The average molecular weight is 354 g/mol. The van der Waals surface area contributed by atoms with Gasteiger partial charge in [0.05, 0.1) is 21.3 Å². The van der Waals surface area contributed by atoms with E-state index in [1.165, 1.54) is 0 Å². The Morgan fingerprint density at radius 1 is 0.962 bits per heavy atom. The summed E-state index contributed by atoms with van der Waals surface area (Å²) >= 11 is 0. The second-order valence-corrected chi connectivity index (χ2v) is 5.83. The van der Waals surface area contributed by atoms with E-state index in [0.29, 0.717) is 30.2 Å². The number of H-pyrrole nitrogens is 1. The Hall–Kier alpha value is -3.15. The maximum Gasteiger partial charge on any atom is 0.267 e. The van der Waals surface area contributed by atoms with Gasteiger partial charge >= 0.3 is 0 Å². The van der Waals surface area contributed by atoms with E-state index in [-0.39, 0.29) is 5.91 Å². The number of nitrogens with one attached hydrogen (secondary N) is 2. The number of fused-ring (bicyclic) bond motifs is 1. The predicted molar refractivity (Wildman–Crippen MR) is 100 cm³/mol. The molecule has 0 fully saturated rings. The third-order valence-electron chi connectivity index (χ3n) is 4.22. The number of aromatic amines is 1. The lowest BCUT2D eigenvalue weighted by Crippen LogP contribution is -2.25. The molecule has 0 unspecified atom stereocenters. The Balaban J connectivity index is 1.62. The number of carbonyl (C=O) groups is 1. The molecule has 26 heavy (non-hydrogen) atoms. The number of hydrogen-bond acceptors (Lipinski definition) is 4. The van der Waals surface area contributed by atoms with Crippen molar-refractivity contribution in [1.82, 2.24) is 10.3 Å². The van der Waals surface area contributed by atoms with Crippen LogP contribution in [0.2, 0.25) is 0 Å². The Labute approximate surface area is 152 Å². The van der Waals surface area contributed by atoms with Gasteiger partial charge in [0.15, 0.2) is 11.5 Å². The highest BCUT2D eigenvalue weighted by Crippen LogP contribution is 2.27. The topological polar surface area (TPSA) is 72.6 Å². The first-order valence-corrected chi connectivity index (χ1v) is 8.30. The molecular weight excluding hydrogens is 332 g/mol. The van der Waals surface area contributed by atoms with Crippen LogP contribution in [0.4, 0.5) is 0 Å². The number of amides is 1. The van der Waals surface area contributed by atoms with Crippen molar-refractivity contribution >= 4 is 16.8 Å². The monoisotopic (exact) mass is 354 g/mol. The van der Waals surface area contributed by atoms with Gasteiger partial charge in [-0.3, -0.25) is 4.79 Å². The SMILES string of the molecule is COc1ccc2[nH]c(C(=O)NCCc3ccc(OC)c(OC)c3)cc2c1. The number of carbonyl (C=O) groups excluding carboxylic acids is 1. The maximum atomic E-state index is 12.4. The largest absolute Gasteiger partial charge is 0.497 e. The summed E-state index contributed by atoms with van der Waals surface area (Å²) < 4.78 is 15.7. The summed E-state index contributed by atoms with van der Waals surface area (Å²) in [7, 11) is 4.83. The molecule has 6 heteroatoms. The molecule has 0 radical (unpaired) electrons. The Kier molecular flexibility index (Phi) is 5.31. The highest BCUT2D eigenvalue weighted by molar-refractivity contribution is 5.98. The van der Waals surface area contributed by atoms with Crippen molar-refractivity contribution < 1.29 is 19.0 Å². The minimum Gasteiger partial charge on any atom is -0.497 e. The number of aromatic nitrogens is 1. The number of rotatable bonds is 7. The summed E-state index contributed by atoms with van der Waals surface area (Å²) in [6.07, 6.45) is 0.695. The van der Waals surface area contributed by atoms with E-state index < -0.39 is 0 Å². The molecule has 1 heterocycles. The lowest BCUT2D eigenvalue weighted by molar-refractivity contribution is 0.0950. The molecule has 0 saturated heterocycles. The smallest absolute Gasteiger partial charge is 0.267 e. The van der Waals surface area contributed by atoms with Crippen LogP contribution in [0.3, 0.4) is 0 Å². The zero-order chi connectivity index (χ0) is 18.5. The fraction of sp³-hybridized carbons (Fsp3) is 0.250. The second kappa shape index (κ2) is 7.82. The first-order valence-electron chi connectivity index (χ1n) is 8.30. The van der Waals surface area contributed by atoms with Gasteiger partial charge in [-0.15, -0.1) is 0 Å². The lowest BCUT2D eigenvalue weighted by atomic mass is 10.1. The highest BCUT2D eigenvalue weighted by atomic mass is 16.5. The summed E-state index contributed by atoms with van der Waals surface area (Å²) in [4.78, 5) is 15.5. The Morgan fingerprint density at radius 3 is 2.50 bits per heavy atom. The third kappa shape index (κ3) is 3.74. The van der Waals surface area contributed by atoms with Crippen molar-refractivity contribution in [3.05, 3.63) is 53.7 Å². The number of ether oxygens (including phenoxy) is 3. The molecule has 6 nitrogen and oxygen atoms in total. The molecule has 1 amide bonds. The van der Waals surface area contributed by atoms with E-state index in [1.54, 1.807) is 21.3 Å². The Morgan fingerprint density at radius 2 is 1.77 bits per heavy atom. The quantitative estimate of drug-likeness (QED) is 0.684. The average Bonchev–Trinajstić information content (AvgIpc) is 3.11. The van der Waals surface area contributed by atoms with Gasteiger partial charge in [-0.2, -0.15) is 0 Å². The van der Waals surface area contributed by atoms with Gasteiger partial charge in [0.25, 0.3) is 5.91 Å². The van der Waals surface area contributed by atoms with Gasteiger partial charge in [-0.1, -0.05) is 6.07 Å². The molecule has 0 bridgehead atoms. The lowest BCUT2D eigenvalue weighted by Gasteiger charge is -2.10. The maximum absolute atomic E-state index is 12.4. The van der Waals surface area contributed by atoms with Crippen molar-refractivity contribution in [2.24, 2.45) is 0 Å². The van der Waals surface area contributed by atoms with Gasteiger partial charge in [0.1, 0.15) is 11.4 Å². The van der Waals surface area contributed by atoms with Crippen LogP contribution in [-0.2, 0) is 6.42 Å². The molecule has 0 spiro atoms. The standard InChI is InChI=1S/C20H22N2O4/c1-24-15-5-6-16-14(11-15)12-17(22-16)20(23)21-9-8-13-4-7-18(25-2)19(10-13)26-3/h4-7,10-12,22H,8-9H2,1-3H3,(H,21,23). The summed E-state index contributed by atoms with van der Waals surface area (Å²) in [6.45, 7) is 0.521. The summed E-state index contributed by atoms with van der Waals surface area (Å²) in [5.41, 5.74) is 2.49. The first kappa shape index (κ1) is 17.7. The van der Waals surface area contributed by atoms with E-state index in [1.807, 2.05) is 42.5 Å². The van der Waals surface area contributed by atoms with Crippen LogP contribution < -0.4 is 19.5 Å². The summed E-state index contributed by atoms with van der Waals surface area (Å²) in [5, 5.41) is 3.87. The van der Waals surface area contributed by atoms with E-state index in [4.69, 9.17) is 14.2 Å². The number of hydrogen-bond donors (Lipinski definition) is 2. The zero-order valence-corrected chi connectivity index (χ0v) is 15.1. The van der Waals surface area contributed by atoms with Crippen molar-refractivity contribution in [3.8, 4) is 17.2 Å². The fourth-order valence-electron chi connectivity index (χ4n) is 2.81. The number of benzene rings is 2. The van der Waals surface area contributed by atoms with Crippen LogP contribution in [0.1, 0.15) is 16.1 Å². The van der Waals surface area contributed by atoms with Crippen LogP contribution in [0.15, 0.2) is 42.5 Å². The molecule has 2 aromatic carbocycles. The molecule has 3 rings (SSSR count). The number of methoxy groups -OCH3 is 3. The van der Waals surface area contributed by atoms with Crippen molar-refractivity contribution in [2.45, 2.75) is 6.42 Å². The van der Waals surface area contributed by atoms with Crippen LogP contribution in [0.25, 0.3) is 10.9 Å². The third-order valence-corrected chi connectivity index (χ3v) is 4.22. The predicted octanol–water partition coefficient (Wildman–Crippen LogP) is 3.17. The Bertz CT molecular complexity index is 917. The van der Waals surface area contributed by atoms with Crippen molar-refractivity contribution in [1.29, 1.82) is 0 Å². The van der Waals surface area contributed by atoms with Crippen LogP contribution in [0, 0.1) is 0 Å². The van der Waals surface area contributed by atoms with Gasteiger partial charge in [-0.25, -0.2) is 0 Å². The molecule has 0 aliphatic rings. The van der Waals surface area contributed by atoms with Gasteiger partial charge in [0, 0.05) is 17.4 Å². The minimum atomic E-state index is -0.138. The fourth-order valence-corrected chi connectivity index (χ4v) is 2.81. The molecular formula is C20H22N2O4. The van der Waals surface area contributed by atoms with E-state index in [2.05, 4.69) is 10.3 Å². The minimum absolute atomic E-state index is 0.138. The van der Waals surface area contributed by atoms with Crippen LogP contribution in [0.5, 0.6) is 17.2 Å². The summed E-state index contributed by atoms with van der Waals surface area (Å²) in [5.74, 6) is 1.99. The van der Waals surface area contributed by atoms with Crippen molar-refractivity contribution in [3.63, 3.8) is 0 Å². The molecule has 0 saturated carbocycles. The molecule has 1 aromatic heterocycles. The molecule has 0 aliphatic carbocycles. The second-order valence-electron chi connectivity index (χ2n) is 5.83. The normalized spacial score (nSPS) is 10.6. The van der Waals surface area contributed by atoms with Crippen molar-refractivity contribution in [2.75, 3.05) is 27.9 Å². The summed E-state index contributed by atoms with van der Waals surface area (Å²) in [6, 6.07) is 13.2. The van der Waals surface area contributed by atoms with E-state index in [0.717, 1.165) is 22.2 Å². The van der Waals surface area contributed by atoms with Gasteiger partial charge in [0.2, 0.25) is 0 Å².